The Bertz CT molecular complexity index is 1290. The second-order valence-electron chi connectivity index (χ2n) is 7.17. The number of hydrogen-bond acceptors (Lipinski definition) is 7. The highest BCUT2D eigenvalue weighted by Gasteiger charge is 2.35. The van der Waals surface area contributed by atoms with Crippen LogP contribution < -0.4 is 31.0 Å². The van der Waals surface area contributed by atoms with Crippen molar-refractivity contribution >= 4 is 46.6 Å². The Morgan fingerprint density at radius 1 is 1.06 bits per heavy atom. The molecule has 0 saturated heterocycles. The average molecular weight is 454 g/mol. The Morgan fingerprint density at radius 3 is 2.62 bits per heavy atom. The number of nitrogens with one attached hydrogen (secondary N) is 4. The quantitative estimate of drug-likeness (QED) is 0.477. The van der Waals surface area contributed by atoms with E-state index in [9.17, 15) is 14.4 Å². The number of H-pyrrole nitrogens is 1. The van der Waals surface area contributed by atoms with Gasteiger partial charge in [-0.05, 0) is 36.4 Å². The number of carbonyl (C=O) groups excluding carboxylic acids is 2. The van der Waals surface area contributed by atoms with E-state index in [0.29, 0.717) is 27.9 Å². The third kappa shape index (κ3) is 3.83. The van der Waals surface area contributed by atoms with Crippen molar-refractivity contribution in [2.45, 2.75) is 12.3 Å². The molecule has 0 spiro atoms. The van der Waals surface area contributed by atoms with Crippen LogP contribution in [0.5, 0.6) is 11.5 Å². The van der Waals surface area contributed by atoms with Gasteiger partial charge in [0.25, 0.3) is 5.56 Å². The number of benzene rings is 2. The summed E-state index contributed by atoms with van der Waals surface area (Å²) in [4.78, 5) is 44.9. The Balaban J connectivity index is 1.42. The van der Waals surface area contributed by atoms with Crippen molar-refractivity contribution in [2.24, 2.45) is 0 Å². The van der Waals surface area contributed by atoms with Crippen molar-refractivity contribution in [1.82, 2.24) is 9.97 Å². The van der Waals surface area contributed by atoms with E-state index in [4.69, 9.17) is 21.1 Å². The van der Waals surface area contributed by atoms with Crippen LogP contribution in [0, 0.1) is 0 Å². The molecule has 1 aromatic heterocycles. The van der Waals surface area contributed by atoms with Crippen molar-refractivity contribution in [3.8, 4) is 11.5 Å². The number of aromatic nitrogens is 2. The van der Waals surface area contributed by atoms with Crippen molar-refractivity contribution in [1.29, 1.82) is 0 Å². The second-order valence-corrected chi connectivity index (χ2v) is 7.61. The molecule has 2 amide bonds. The van der Waals surface area contributed by atoms with Crippen molar-refractivity contribution in [2.75, 3.05) is 22.7 Å². The summed E-state index contributed by atoms with van der Waals surface area (Å²) in [7, 11) is 0. The molecule has 32 heavy (non-hydrogen) atoms. The van der Waals surface area contributed by atoms with Gasteiger partial charge in [0.2, 0.25) is 24.6 Å². The molecule has 10 nitrogen and oxygen atoms in total. The van der Waals surface area contributed by atoms with Gasteiger partial charge >= 0.3 is 0 Å². The SMILES string of the molecule is O=C1CC(C(=O)Nc2ccc3c(c2)OCO3)c2c(nc(Nc3ccc(Cl)cc3)[nH]c2=O)N1. The molecular formula is C21H16ClN5O5. The monoisotopic (exact) mass is 453 g/mol. The minimum atomic E-state index is -1.01. The number of anilines is 4. The predicted octanol–water partition coefficient (Wildman–Crippen LogP) is 2.96. The number of amides is 2. The molecule has 11 heteroatoms. The molecule has 4 N–H and O–H groups in total. The zero-order valence-electron chi connectivity index (χ0n) is 16.4. The first-order chi connectivity index (χ1) is 15.5. The molecule has 2 aliphatic rings. The molecule has 162 valence electrons. The van der Waals surface area contributed by atoms with Crippen LogP contribution in [0.25, 0.3) is 0 Å². The number of aromatic amines is 1. The molecule has 3 heterocycles. The summed E-state index contributed by atoms with van der Waals surface area (Å²) < 4.78 is 10.6. The van der Waals surface area contributed by atoms with Crippen molar-refractivity contribution in [3.63, 3.8) is 0 Å². The molecule has 5 rings (SSSR count). The smallest absolute Gasteiger partial charge is 0.258 e. The summed E-state index contributed by atoms with van der Waals surface area (Å²) in [6.45, 7) is 0.107. The van der Waals surface area contributed by atoms with Gasteiger partial charge in [-0.2, -0.15) is 4.98 Å². The van der Waals surface area contributed by atoms with E-state index in [1.165, 1.54) is 0 Å². The molecule has 0 aliphatic carbocycles. The van der Waals surface area contributed by atoms with Gasteiger partial charge in [-0.3, -0.25) is 19.4 Å². The van der Waals surface area contributed by atoms with Crippen LogP contribution in [0.3, 0.4) is 0 Å². The molecule has 2 aliphatic heterocycles. The molecule has 0 saturated carbocycles. The van der Waals surface area contributed by atoms with Crippen LogP contribution in [0.2, 0.25) is 5.02 Å². The van der Waals surface area contributed by atoms with E-state index in [1.807, 2.05) is 0 Å². The second kappa shape index (κ2) is 7.89. The van der Waals surface area contributed by atoms with Gasteiger partial charge in [-0.15, -0.1) is 0 Å². The van der Waals surface area contributed by atoms with Crippen molar-refractivity contribution < 1.29 is 19.1 Å². The molecule has 2 aromatic carbocycles. The summed E-state index contributed by atoms with van der Waals surface area (Å²) in [5.41, 5.74) is 0.649. The Kier molecular flexibility index (Phi) is 4.91. The minimum absolute atomic E-state index is 0.0345. The number of rotatable bonds is 4. The van der Waals surface area contributed by atoms with Gasteiger partial charge in [0, 0.05) is 28.9 Å². The van der Waals surface area contributed by atoms with Crippen LogP contribution in [0.1, 0.15) is 17.9 Å². The van der Waals surface area contributed by atoms with Crippen LogP contribution >= 0.6 is 11.6 Å². The summed E-state index contributed by atoms with van der Waals surface area (Å²) in [6.07, 6.45) is -0.182. The van der Waals surface area contributed by atoms with E-state index in [-0.39, 0.29) is 30.5 Å². The number of nitrogens with zero attached hydrogens (tertiary/aromatic N) is 1. The lowest BCUT2D eigenvalue weighted by Crippen LogP contribution is -2.36. The predicted molar refractivity (Wildman–Crippen MR) is 117 cm³/mol. The molecule has 0 fully saturated rings. The zero-order valence-corrected chi connectivity index (χ0v) is 17.2. The summed E-state index contributed by atoms with van der Waals surface area (Å²) in [6, 6.07) is 11.7. The average Bonchev–Trinajstić information content (AvgIpc) is 3.22. The molecule has 1 unspecified atom stereocenters. The number of halogens is 1. The fraction of sp³-hybridized carbons (Fsp3) is 0.143. The topological polar surface area (TPSA) is 134 Å². The first kappa shape index (κ1) is 19.9. The lowest BCUT2D eigenvalue weighted by molar-refractivity contribution is -0.123. The van der Waals surface area contributed by atoms with Gasteiger partial charge in [0.05, 0.1) is 11.5 Å². The third-order valence-electron chi connectivity index (χ3n) is 5.01. The van der Waals surface area contributed by atoms with Crippen LogP contribution in [0.15, 0.2) is 47.3 Å². The summed E-state index contributed by atoms with van der Waals surface area (Å²) in [5, 5.41) is 8.80. The standard InChI is InChI=1S/C21H16ClN5O5/c22-10-1-3-11(4-2-10)24-21-26-18-17(20(30)27-21)13(8-16(28)25-18)19(29)23-12-5-6-14-15(7-12)32-9-31-14/h1-7,13H,8-9H2,(H,23,29)(H3,24,25,26,27,28,30). The molecule has 1 atom stereocenters. The maximum absolute atomic E-state index is 13.0. The first-order valence-electron chi connectivity index (χ1n) is 9.63. The number of fused-ring (bicyclic) bond motifs is 2. The normalized spacial score (nSPS) is 16.2. The van der Waals surface area contributed by atoms with Gasteiger partial charge in [-0.1, -0.05) is 11.6 Å². The van der Waals surface area contributed by atoms with Gasteiger partial charge < -0.3 is 25.4 Å². The van der Waals surface area contributed by atoms with E-state index < -0.39 is 23.3 Å². The maximum Gasteiger partial charge on any atom is 0.258 e. The molecule has 0 radical (unpaired) electrons. The number of hydrogen-bond donors (Lipinski definition) is 4. The molecule has 0 bridgehead atoms. The van der Waals surface area contributed by atoms with Crippen LogP contribution in [-0.4, -0.2) is 28.6 Å². The molecule has 3 aromatic rings. The number of ether oxygens (including phenoxy) is 2. The van der Waals surface area contributed by atoms with E-state index in [0.717, 1.165) is 0 Å². The highest BCUT2D eigenvalue weighted by molar-refractivity contribution is 6.30. The van der Waals surface area contributed by atoms with E-state index >= 15 is 0 Å². The van der Waals surface area contributed by atoms with Crippen LogP contribution in [-0.2, 0) is 9.59 Å². The van der Waals surface area contributed by atoms with Gasteiger partial charge in [-0.25, -0.2) is 0 Å². The van der Waals surface area contributed by atoms with Crippen LogP contribution in [0.4, 0.5) is 23.1 Å². The Hall–Kier alpha value is -4.05. The largest absolute Gasteiger partial charge is 0.454 e. The Labute approximate surface area is 185 Å². The van der Waals surface area contributed by atoms with E-state index in [1.54, 1.807) is 42.5 Å². The summed E-state index contributed by atoms with van der Waals surface area (Å²) in [5.74, 6) is -0.705. The fourth-order valence-electron chi connectivity index (χ4n) is 3.53. The lowest BCUT2D eigenvalue weighted by atomic mass is 9.92. The van der Waals surface area contributed by atoms with Crippen molar-refractivity contribution in [3.05, 3.63) is 63.4 Å². The lowest BCUT2D eigenvalue weighted by Gasteiger charge is -2.23. The third-order valence-corrected chi connectivity index (χ3v) is 5.27. The van der Waals surface area contributed by atoms with Gasteiger partial charge in [0.15, 0.2) is 11.5 Å². The van der Waals surface area contributed by atoms with E-state index in [2.05, 4.69) is 25.9 Å². The van der Waals surface area contributed by atoms with Gasteiger partial charge in [0.1, 0.15) is 5.82 Å². The first-order valence-corrected chi connectivity index (χ1v) is 10.0. The minimum Gasteiger partial charge on any atom is -0.454 e. The maximum atomic E-state index is 13.0. The molecular weight excluding hydrogens is 438 g/mol. The number of carbonyl (C=O) groups is 2. The zero-order chi connectivity index (χ0) is 22.2. The highest BCUT2D eigenvalue weighted by atomic mass is 35.5. The summed E-state index contributed by atoms with van der Waals surface area (Å²) >= 11 is 5.88. The highest BCUT2D eigenvalue weighted by Crippen LogP contribution is 2.35. The Morgan fingerprint density at radius 2 is 1.81 bits per heavy atom. The fourth-order valence-corrected chi connectivity index (χ4v) is 3.65.